The first-order chi connectivity index (χ1) is 17.6. The number of aromatic nitrogens is 1. The molecule has 3 aromatic carbocycles. The summed E-state index contributed by atoms with van der Waals surface area (Å²) in [5.74, 6) is 0.480. The van der Waals surface area contributed by atoms with Crippen molar-refractivity contribution in [2.24, 2.45) is 5.10 Å². The smallest absolute Gasteiger partial charge is 0.266 e. The highest BCUT2D eigenvalue weighted by molar-refractivity contribution is 5.98. The van der Waals surface area contributed by atoms with Crippen molar-refractivity contribution in [1.29, 1.82) is 0 Å². The minimum absolute atomic E-state index is 0.0955. The second kappa shape index (κ2) is 9.00. The van der Waals surface area contributed by atoms with Gasteiger partial charge in [-0.25, -0.2) is 5.01 Å². The van der Waals surface area contributed by atoms with E-state index >= 15 is 0 Å². The third-order valence-electron chi connectivity index (χ3n) is 6.90. The van der Waals surface area contributed by atoms with Gasteiger partial charge in [-0.05, 0) is 53.9 Å². The van der Waals surface area contributed by atoms with Crippen molar-refractivity contribution in [3.05, 3.63) is 101 Å². The number of nitrogens with zero attached hydrogens (tertiary/aromatic N) is 3. The zero-order valence-electron chi connectivity index (χ0n) is 19.9. The molecule has 0 unspecified atom stereocenters. The Balaban J connectivity index is 1.36. The molecule has 1 fully saturated rings. The minimum Gasteiger partial charge on any atom is -0.494 e. The number of ether oxygens (including phenoxy) is 1. The summed E-state index contributed by atoms with van der Waals surface area (Å²) in [4.78, 5) is 32.5. The SMILES string of the molecule is CCOc1ccc(/C=N\N2CC(=O)N3[C@@H](c4ccccc4)c4[nH]c5ccccc5c4C[C@H]3C2=O)cc1. The van der Waals surface area contributed by atoms with Crippen molar-refractivity contribution in [2.75, 3.05) is 13.2 Å². The van der Waals surface area contributed by atoms with Crippen LogP contribution in [-0.4, -0.2) is 52.1 Å². The van der Waals surface area contributed by atoms with E-state index in [0.29, 0.717) is 13.0 Å². The fourth-order valence-corrected chi connectivity index (χ4v) is 5.28. The maximum atomic E-state index is 13.7. The van der Waals surface area contributed by atoms with Gasteiger partial charge in [0.1, 0.15) is 18.3 Å². The number of aromatic amines is 1. The number of hydrogen-bond donors (Lipinski definition) is 1. The van der Waals surface area contributed by atoms with Crippen LogP contribution in [0.3, 0.4) is 0 Å². The number of hydrogen-bond acceptors (Lipinski definition) is 4. The summed E-state index contributed by atoms with van der Waals surface area (Å²) in [7, 11) is 0. The Labute approximate surface area is 209 Å². The molecule has 7 heteroatoms. The fraction of sp³-hybridized carbons (Fsp3) is 0.207. The van der Waals surface area contributed by atoms with Gasteiger partial charge in [-0.1, -0.05) is 48.5 Å². The fourth-order valence-electron chi connectivity index (χ4n) is 5.28. The van der Waals surface area contributed by atoms with Crippen LogP contribution >= 0.6 is 0 Å². The average Bonchev–Trinajstić information content (AvgIpc) is 3.28. The van der Waals surface area contributed by atoms with Crippen LogP contribution in [0.1, 0.15) is 35.3 Å². The standard InChI is InChI=1S/C29H26N4O3/c1-2-36-21-14-12-19(13-15-21)17-30-32-18-26(34)33-25(29(32)35)16-23-22-10-6-7-11-24(22)31-27(23)28(33)20-8-4-3-5-9-20/h3-15,17,25,28,31H,2,16,18H2,1H3/b30-17-/t25-,28-/m0/s1. The van der Waals surface area contributed by atoms with E-state index in [0.717, 1.165) is 39.0 Å². The maximum absolute atomic E-state index is 13.7. The number of hydrazone groups is 1. The molecule has 36 heavy (non-hydrogen) atoms. The Bertz CT molecular complexity index is 1460. The van der Waals surface area contributed by atoms with Crippen LogP contribution in [0.25, 0.3) is 10.9 Å². The van der Waals surface area contributed by atoms with E-state index < -0.39 is 6.04 Å². The van der Waals surface area contributed by atoms with Crippen LogP contribution in [-0.2, 0) is 16.0 Å². The molecule has 2 aliphatic heterocycles. The lowest BCUT2D eigenvalue weighted by Gasteiger charge is -2.45. The summed E-state index contributed by atoms with van der Waals surface area (Å²) in [6.45, 7) is 2.43. The van der Waals surface area contributed by atoms with E-state index in [1.807, 2.05) is 79.7 Å². The highest BCUT2D eigenvalue weighted by atomic mass is 16.5. The topological polar surface area (TPSA) is 78.0 Å². The van der Waals surface area contributed by atoms with E-state index in [4.69, 9.17) is 4.74 Å². The molecule has 0 radical (unpaired) electrons. The van der Waals surface area contributed by atoms with E-state index in [1.165, 1.54) is 5.01 Å². The first kappa shape index (κ1) is 22.1. The van der Waals surface area contributed by atoms with Crippen LogP contribution in [0.2, 0.25) is 0 Å². The molecule has 3 heterocycles. The van der Waals surface area contributed by atoms with Gasteiger partial charge in [-0.2, -0.15) is 5.10 Å². The molecular formula is C29H26N4O3. The maximum Gasteiger partial charge on any atom is 0.266 e. The predicted octanol–water partition coefficient (Wildman–Crippen LogP) is 4.29. The lowest BCUT2D eigenvalue weighted by Crippen LogP contribution is -2.61. The molecule has 0 aliphatic carbocycles. The Morgan fingerprint density at radius 2 is 1.75 bits per heavy atom. The Morgan fingerprint density at radius 1 is 1.00 bits per heavy atom. The van der Waals surface area contributed by atoms with Gasteiger partial charge in [0, 0.05) is 23.0 Å². The molecule has 0 bridgehead atoms. The highest BCUT2D eigenvalue weighted by Gasteiger charge is 2.48. The number of amides is 2. The summed E-state index contributed by atoms with van der Waals surface area (Å²) in [5.41, 5.74) is 4.87. The second-order valence-electron chi connectivity index (χ2n) is 9.04. The molecule has 2 atom stereocenters. The summed E-state index contributed by atoms with van der Waals surface area (Å²) in [6.07, 6.45) is 2.06. The lowest BCUT2D eigenvalue weighted by atomic mass is 9.86. The number of piperazine rings is 1. The summed E-state index contributed by atoms with van der Waals surface area (Å²) in [6, 6.07) is 24.5. The van der Waals surface area contributed by atoms with Crippen LogP contribution in [0.4, 0.5) is 0 Å². The van der Waals surface area contributed by atoms with Crippen molar-refractivity contribution in [3.8, 4) is 5.75 Å². The van der Waals surface area contributed by atoms with Gasteiger partial charge >= 0.3 is 0 Å². The summed E-state index contributed by atoms with van der Waals surface area (Å²) in [5, 5.41) is 6.81. The van der Waals surface area contributed by atoms with Gasteiger partial charge in [0.15, 0.2) is 0 Å². The zero-order valence-corrected chi connectivity index (χ0v) is 19.9. The number of rotatable bonds is 5. The van der Waals surface area contributed by atoms with Crippen LogP contribution in [0.5, 0.6) is 5.75 Å². The van der Waals surface area contributed by atoms with Crippen molar-refractivity contribution in [1.82, 2.24) is 14.9 Å². The molecule has 180 valence electrons. The third kappa shape index (κ3) is 3.73. The quantitative estimate of drug-likeness (QED) is 0.435. The number of nitrogens with one attached hydrogen (secondary N) is 1. The molecule has 4 aromatic rings. The van der Waals surface area contributed by atoms with Crippen molar-refractivity contribution < 1.29 is 14.3 Å². The molecule has 1 aromatic heterocycles. The lowest BCUT2D eigenvalue weighted by molar-refractivity contribution is -0.158. The number of fused-ring (bicyclic) bond motifs is 4. The molecule has 6 rings (SSSR count). The van der Waals surface area contributed by atoms with Crippen LogP contribution in [0, 0.1) is 0 Å². The Kier molecular flexibility index (Phi) is 5.52. The average molecular weight is 479 g/mol. The van der Waals surface area contributed by atoms with E-state index in [1.54, 1.807) is 11.1 Å². The van der Waals surface area contributed by atoms with E-state index in [9.17, 15) is 9.59 Å². The first-order valence-corrected chi connectivity index (χ1v) is 12.2. The Morgan fingerprint density at radius 3 is 2.53 bits per heavy atom. The van der Waals surface area contributed by atoms with Gasteiger partial charge in [-0.3, -0.25) is 9.59 Å². The van der Waals surface area contributed by atoms with Gasteiger partial charge in [0.2, 0.25) is 5.91 Å². The summed E-state index contributed by atoms with van der Waals surface area (Å²) < 4.78 is 5.48. The molecule has 2 amide bonds. The largest absolute Gasteiger partial charge is 0.494 e. The van der Waals surface area contributed by atoms with Crippen LogP contribution < -0.4 is 4.74 Å². The van der Waals surface area contributed by atoms with Crippen molar-refractivity contribution in [3.63, 3.8) is 0 Å². The number of carbonyl (C=O) groups excluding carboxylic acids is 2. The molecular weight excluding hydrogens is 452 g/mol. The molecule has 7 nitrogen and oxygen atoms in total. The van der Waals surface area contributed by atoms with E-state index in [-0.39, 0.29) is 24.4 Å². The van der Waals surface area contributed by atoms with Crippen molar-refractivity contribution in [2.45, 2.75) is 25.4 Å². The van der Waals surface area contributed by atoms with Gasteiger partial charge in [-0.15, -0.1) is 0 Å². The minimum atomic E-state index is -0.624. The van der Waals surface area contributed by atoms with Gasteiger partial charge < -0.3 is 14.6 Å². The number of H-pyrrole nitrogens is 1. The van der Waals surface area contributed by atoms with Crippen LogP contribution in [0.15, 0.2) is 84.0 Å². The number of carbonyl (C=O) groups is 2. The third-order valence-corrected chi connectivity index (χ3v) is 6.90. The molecule has 0 spiro atoms. The van der Waals surface area contributed by atoms with E-state index in [2.05, 4.69) is 16.2 Å². The predicted molar refractivity (Wildman–Crippen MR) is 138 cm³/mol. The van der Waals surface area contributed by atoms with Gasteiger partial charge in [0.25, 0.3) is 5.91 Å². The Hall–Kier alpha value is -4.39. The first-order valence-electron chi connectivity index (χ1n) is 12.2. The zero-order chi connectivity index (χ0) is 24.6. The molecule has 2 aliphatic rings. The van der Waals surface area contributed by atoms with Gasteiger partial charge in [0.05, 0.1) is 18.9 Å². The number of benzene rings is 3. The second-order valence-corrected chi connectivity index (χ2v) is 9.04. The molecule has 0 saturated carbocycles. The highest BCUT2D eigenvalue weighted by Crippen LogP contribution is 2.42. The monoisotopic (exact) mass is 478 g/mol. The molecule has 1 N–H and O–H groups in total. The summed E-state index contributed by atoms with van der Waals surface area (Å²) >= 11 is 0. The number of para-hydroxylation sites is 1. The molecule has 1 saturated heterocycles. The normalized spacial score (nSPS) is 19.6. The van der Waals surface area contributed by atoms with Crippen molar-refractivity contribution >= 4 is 28.9 Å².